The third-order valence-corrected chi connectivity index (χ3v) is 7.70. The Labute approximate surface area is 208 Å². The van der Waals surface area contributed by atoms with Gasteiger partial charge in [0, 0.05) is 23.5 Å². The lowest BCUT2D eigenvalue weighted by Crippen LogP contribution is -2.55. The SMILES string of the molecule is CC1(C)CC(Nc2nc(Nc3cc(-n4nnnc4C4CC4)ccc3F)ncc2Cl)CC2CCCN21. The standard InChI is InChI=1S/C24H29ClFN9/c1-24(2)12-15(10-16-4-3-9-34(16)24)28-21-18(25)13-27-23(30-21)29-20-11-17(7-8-19(20)26)35-22(14-5-6-14)31-32-33-35/h7-8,11,13-16H,3-6,9-10,12H2,1-2H3,(H2,27,28,29,30). The van der Waals surface area contributed by atoms with Crippen molar-refractivity contribution in [3.05, 3.63) is 41.1 Å². The lowest BCUT2D eigenvalue weighted by atomic mass is 9.84. The molecule has 1 aromatic carbocycles. The number of rotatable bonds is 6. The van der Waals surface area contributed by atoms with E-state index in [0.29, 0.717) is 28.5 Å². The number of piperidine rings is 1. The molecule has 184 valence electrons. The minimum atomic E-state index is -0.418. The van der Waals surface area contributed by atoms with Gasteiger partial charge in [-0.2, -0.15) is 9.67 Å². The van der Waals surface area contributed by atoms with Crippen molar-refractivity contribution < 1.29 is 4.39 Å². The van der Waals surface area contributed by atoms with E-state index in [1.165, 1.54) is 25.5 Å². The predicted molar refractivity (Wildman–Crippen MR) is 132 cm³/mol. The van der Waals surface area contributed by atoms with Crippen molar-refractivity contribution in [2.45, 2.75) is 75.9 Å². The minimum absolute atomic E-state index is 0.122. The van der Waals surface area contributed by atoms with E-state index in [9.17, 15) is 4.39 Å². The monoisotopic (exact) mass is 497 g/mol. The Morgan fingerprint density at radius 1 is 1.20 bits per heavy atom. The molecule has 1 saturated carbocycles. The predicted octanol–water partition coefficient (Wildman–Crippen LogP) is 4.68. The Hall–Kier alpha value is -2.85. The van der Waals surface area contributed by atoms with Crippen LogP contribution in [-0.2, 0) is 0 Å². The molecule has 2 unspecified atom stereocenters. The molecule has 1 aliphatic carbocycles. The fourth-order valence-corrected chi connectivity index (χ4v) is 5.82. The molecule has 2 aliphatic heterocycles. The average Bonchev–Trinajstić information content (AvgIpc) is 3.33. The van der Waals surface area contributed by atoms with Gasteiger partial charge < -0.3 is 10.6 Å². The lowest BCUT2D eigenvalue weighted by Gasteiger charge is -2.47. The molecular formula is C24H29ClFN9. The van der Waals surface area contributed by atoms with Gasteiger partial charge in [0.2, 0.25) is 5.95 Å². The van der Waals surface area contributed by atoms with Gasteiger partial charge in [-0.15, -0.1) is 5.10 Å². The summed E-state index contributed by atoms with van der Waals surface area (Å²) in [6.07, 6.45) is 8.21. The zero-order valence-electron chi connectivity index (χ0n) is 19.9. The van der Waals surface area contributed by atoms with Crippen LogP contribution in [0.1, 0.15) is 64.1 Å². The van der Waals surface area contributed by atoms with Crippen molar-refractivity contribution in [1.29, 1.82) is 0 Å². The van der Waals surface area contributed by atoms with Crippen LogP contribution < -0.4 is 10.6 Å². The van der Waals surface area contributed by atoms with Gasteiger partial charge >= 0.3 is 0 Å². The molecule has 2 atom stereocenters. The maximum absolute atomic E-state index is 14.7. The lowest BCUT2D eigenvalue weighted by molar-refractivity contribution is 0.0501. The molecule has 9 nitrogen and oxygen atoms in total. The molecule has 3 aromatic rings. The molecule has 0 amide bonds. The summed E-state index contributed by atoms with van der Waals surface area (Å²) >= 11 is 6.45. The number of hydrogen-bond acceptors (Lipinski definition) is 8. The van der Waals surface area contributed by atoms with Crippen LogP contribution in [0, 0.1) is 5.82 Å². The van der Waals surface area contributed by atoms with Crippen molar-refractivity contribution in [3.8, 4) is 5.69 Å². The summed E-state index contributed by atoms with van der Waals surface area (Å²) in [5, 5.41) is 19.0. The van der Waals surface area contributed by atoms with Gasteiger partial charge in [0.05, 0.1) is 17.6 Å². The number of halogens is 2. The quantitative estimate of drug-likeness (QED) is 0.506. The fraction of sp³-hybridized carbons (Fsp3) is 0.542. The van der Waals surface area contributed by atoms with Gasteiger partial charge in [-0.05, 0) is 87.5 Å². The number of tetrazole rings is 1. The van der Waals surface area contributed by atoms with Gasteiger partial charge in [0.25, 0.3) is 0 Å². The van der Waals surface area contributed by atoms with Gasteiger partial charge in [-0.25, -0.2) is 9.37 Å². The van der Waals surface area contributed by atoms with E-state index in [-0.39, 0.29) is 23.2 Å². The van der Waals surface area contributed by atoms with Crippen LogP contribution in [0.15, 0.2) is 24.4 Å². The number of nitrogens with zero attached hydrogens (tertiary/aromatic N) is 7. The molecule has 0 spiro atoms. The average molecular weight is 498 g/mol. The second kappa shape index (κ2) is 8.67. The fourth-order valence-electron chi connectivity index (χ4n) is 5.68. The molecule has 11 heteroatoms. The first kappa shape index (κ1) is 22.6. The highest BCUT2D eigenvalue weighted by atomic mass is 35.5. The molecule has 3 fully saturated rings. The summed E-state index contributed by atoms with van der Waals surface area (Å²) in [4.78, 5) is 11.5. The van der Waals surface area contributed by atoms with Crippen molar-refractivity contribution in [2.24, 2.45) is 0 Å². The molecule has 3 aliphatic rings. The maximum atomic E-state index is 14.7. The van der Waals surface area contributed by atoms with Crippen LogP contribution in [0.4, 0.5) is 21.8 Å². The molecule has 2 aromatic heterocycles. The Morgan fingerprint density at radius 2 is 2.06 bits per heavy atom. The zero-order chi connectivity index (χ0) is 24.2. The first-order chi connectivity index (χ1) is 16.9. The van der Waals surface area contributed by atoms with Crippen molar-refractivity contribution >= 4 is 29.1 Å². The molecule has 6 rings (SSSR count). The Morgan fingerprint density at radius 3 is 2.89 bits per heavy atom. The summed E-state index contributed by atoms with van der Waals surface area (Å²) in [6, 6.07) is 5.56. The third-order valence-electron chi connectivity index (χ3n) is 7.42. The number of fused-ring (bicyclic) bond motifs is 1. The normalized spacial score (nSPS) is 23.8. The van der Waals surface area contributed by atoms with Crippen molar-refractivity contribution in [3.63, 3.8) is 0 Å². The number of hydrogen-bond donors (Lipinski definition) is 2. The van der Waals surface area contributed by atoms with E-state index in [1.807, 2.05) is 0 Å². The summed E-state index contributed by atoms with van der Waals surface area (Å²) in [7, 11) is 0. The Bertz CT molecular complexity index is 1240. The number of anilines is 3. The number of benzene rings is 1. The topological polar surface area (TPSA) is 96.7 Å². The highest BCUT2D eigenvalue weighted by Gasteiger charge is 2.43. The molecule has 4 heterocycles. The molecule has 0 radical (unpaired) electrons. The second-order valence-electron chi connectivity index (χ2n) is 10.5. The second-order valence-corrected chi connectivity index (χ2v) is 10.9. The first-order valence-electron chi connectivity index (χ1n) is 12.3. The Balaban J connectivity index is 1.22. The molecular weight excluding hydrogens is 469 g/mol. The highest BCUT2D eigenvalue weighted by molar-refractivity contribution is 6.32. The van der Waals surface area contributed by atoms with E-state index in [0.717, 1.165) is 31.5 Å². The van der Waals surface area contributed by atoms with Crippen LogP contribution in [0.2, 0.25) is 5.02 Å². The smallest absolute Gasteiger partial charge is 0.229 e. The van der Waals surface area contributed by atoms with E-state index in [4.69, 9.17) is 11.6 Å². The zero-order valence-corrected chi connectivity index (χ0v) is 20.6. The number of nitrogens with one attached hydrogen (secondary N) is 2. The molecule has 0 bridgehead atoms. The van der Waals surface area contributed by atoms with Gasteiger partial charge in [0.1, 0.15) is 10.8 Å². The maximum Gasteiger partial charge on any atom is 0.229 e. The van der Waals surface area contributed by atoms with Crippen LogP contribution in [-0.4, -0.2) is 59.2 Å². The molecule has 2 N–H and O–H groups in total. The van der Waals surface area contributed by atoms with Crippen LogP contribution in [0.5, 0.6) is 0 Å². The van der Waals surface area contributed by atoms with E-state index < -0.39 is 5.82 Å². The molecule has 2 saturated heterocycles. The summed E-state index contributed by atoms with van der Waals surface area (Å²) in [6.45, 7) is 5.79. The number of aromatic nitrogens is 6. The van der Waals surface area contributed by atoms with Crippen molar-refractivity contribution in [2.75, 3.05) is 17.2 Å². The third kappa shape index (κ3) is 4.45. The van der Waals surface area contributed by atoms with Crippen LogP contribution in [0.3, 0.4) is 0 Å². The van der Waals surface area contributed by atoms with Crippen molar-refractivity contribution in [1.82, 2.24) is 35.1 Å². The summed E-state index contributed by atoms with van der Waals surface area (Å²) < 4.78 is 16.4. The van der Waals surface area contributed by atoms with E-state index in [1.54, 1.807) is 23.0 Å². The summed E-state index contributed by atoms with van der Waals surface area (Å²) in [5.74, 6) is 1.57. The highest BCUT2D eigenvalue weighted by Crippen LogP contribution is 2.40. The van der Waals surface area contributed by atoms with E-state index in [2.05, 4.69) is 54.9 Å². The van der Waals surface area contributed by atoms with Gasteiger partial charge in [-0.3, -0.25) is 4.90 Å². The first-order valence-corrected chi connectivity index (χ1v) is 12.7. The molecule has 35 heavy (non-hydrogen) atoms. The largest absolute Gasteiger partial charge is 0.366 e. The van der Waals surface area contributed by atoms with Crippen LogP contribution >= 0.6 is 11.6 Å². The van der Waals surface area contributed by atoms with Crippen LogP contribution in [0.25, 0.3) is 5.69 Å². The van der Waals surface area contributed by atoms with E-state index >= 15 is 0 Å². The Kier molecular flexibility index (Phi) is 5.60. The van der Waals surface area contributed by atoms with Gasteiger partial charge in [-0.1, -0.05) is 11.6 Å². The minimum Gasteiger partial charge on any atom is -0.366 e. The summed E-state index contributed by atoms with van der Waals surface area (Å²) in [5.41, 5.74) is 1.05. The van der Waals surface area contributed by atoms with Gasteiger partial charge in [0.15, 0.2) is 11.6 Å².